The van der Waals surface area contributed by atoms with E-state index in [2.05, 4.69) is 0 Å². The Kier molecular flexibility index (Phi) is 4.22. The van der Waals surface area contributed by atoms with Gasteiger partial charge in [0, 0.05) is 13.1 Å². The maximum atomic E-state index is 12.8. The van der Waals surface area contributed by atoms with Gasteiger partial charge in [0.05, 0.1) is 18.2 Å². The van der Waals surface area contributed by atoms with E-state index < -0.39 is 5.82 Å². The van der Waals surface area contributed by atoms with E-state index in [1.807, 2.05) is 18.0 Å². The second-order valence-electron chi connectivity index (χ2n) is 3.37. The highest BCUT2D eigenvalue weighted by atomic mass is 19.1. The minimum absolute atomic E-state index is 0.0690. The number of hydrogen-bond donors (Lipinski definition) is 1. The van der Waals surface area contributed by atoms with Crippen LogP contribution in [0, 0.1) is 17.1 Å². The first-order chi connectivity index (χ1) is 7.17. The minimum Gasteiger partial charge on any atom is -0.395 e. The fourth-order valence-electron chi connectivity index (χ4n) is 1.33. The van der Waals surface area contributed by atoms with Crippen LogP contribution >= 0.6 is 0 Å². The van der Waals surface area contributed by atoms with E-state index in [1.165, 1.54) is 12.1 Å². The molecule has 15 heavy (non-hydrogen) atoms. The largest absolute Gasteiger partial charge is 0.395 e. The normalized spacial score (nSPS) is 10.3. The first-order valence-corrected chi connectivity index (χ1v) is 4.65. The Hall–Kier alpha value is -1.44. The zero-order chi connectivity index (χ0) is 11.3. The molecule has 0 aliphatic heterocycles. The predicted octanol–water partition coefficient (Wildman–Crippen LogP) is 1.12. The minimum atomic E-state index is -0.403. The molecule has 1 aromatic rings. The van der Waals surface area contributed by atoms with Crippen molar-refractivity contribution < 1.29 is 9.50 Å². The van der Waals surface area contributed by atoms with Gasteiger partial charge in [-0.3, -0.25) is 4.90 Å². The summed E-state index contributed by atoms with van der Waals surface area (Å²) in [7, 11) is 1.83. The molecule has 80 valence electrons. The van der Waals surface area contributed by atoms with Gasteiger partial charge in [0.1, 0.15) is 5.82 Å². The number of halogens is 1. The van der Waals surface area contributed by atoms with Gasteiger partial charge in [-0.05, 0) is 24.7 Å². The Morgan fingerprint density at radius 2 is 2.27 bits per heavy atom. The van der Waals surface area contributed by atoms with Crippen molar-refractivity contribution in [2.24, 2.45) is 0 Å². The van der Waals surface area contributed by atoms with Crippen LogP contribution < -0.4 is 0 Å². The molecule has 0 saturated heterocycles. The third-order valence-corrected chi connectivity index (χ3v) is 2.11. The summed E-state index contributed by atoms with van der Waals surface area (Å²) in [5, 5.41) is 17.5. The zero-order valence-electron chi connectivity index (χ0n) is 8.57. The van der Waals surface area contributed by atoms with Gasteiger partial charge >= 0.3 is 0 Å². The second-order valence-corrected chi connectivity index (χ2v) is 3.37. The molecule has 1 rings (SSSR count). The van der Waals surface area contributed by atoms with Crippen LogP contribution in [0.1, 0.15) is 11.1 Å². The highest BCUT2D eigenvalue weighted by molar-refractivity contribution is 5.37. The van der Waals surface area contributed by atoms with E-state index in [-0.39, 0.29) is 6.61 Å². The van der Waals surface area contributed by atoms with Crippen LogP contribution in [-0.2, 0) is 6.54 Å². The summed E-state index contributed by atoms with van der Waals surface area (Å²) in [5.74, 6) is -0.403. The third-order valence-electron chi connectivity index (χ3n) is 2.11. The van der Waals surface area contributed by atoms with Gasteiger partial charge in [0.15, 0.2) is 0 Å². The van der Waals surface area contributed by atoms with Crippen molar-refractivity contribution in [3.63, 3.8) is 0 Å². The Morgan fingerprint density at radius 1 is 1.53 bits per heavy atom. The average Bonchev–Trinajstić information content (AvgIpc) is 2.21. The van der Waals surface area contributed by atoms with E-state index in [9.17, 15) is 4.39 Å². The Balaban J connectivity index is 2.81. The van der Waals surface area contributed by atoms with E-state index in [1.54, 1.807) is 6.07 Å². The summed E-state index contributed by atoms with van der Waals surface area (Å²) < 4.78 is 12.8. The molecule has 0 aromatic heterocycles. The molecule has 0 spiro atoms. The molecule has 0 fully saturated rings. The summed E-state index contributed by atoms with van der Waals surface area (Å²) in [5.41, 5.74) is 1.12. The lowest BCUT2D eigenvalue weighted by molar-refractivity contribution is 0.217. The number of aliphatic hydroxyl groups is 1. The molecule has 0 bridgehead atoms. The highest BCUT2D eigenvalue weighted by Crippen LogP contribution is 2.12. The summed E-state index contributed by atoms with van der Waals surface area (Å²) in [6.07, 6.45) is 0. The summed E-state index contributed by atoms with van der Waals surface area (Å²) in [6.45, 7) is 1.13. The number of aliphatic hydroxyl groups excluding tert-OH is 1. The Bertz CT molecular complexity index is 373. The molecule has 1 aromatic carbocycles. The lowest BCUT2D eigenvalue weighted by Crippen LogP contribution is -2.22. The molecule has 4 heteroatoms. The average molecular weight is 208 g/mol. The molecular formula is C11H13FN2O. The molecule has 3 nitrogen and oxygen atoms in total. The zero-order valence-corrected chi connectivity index (χ0v) is 8.57. The first kappa shape index (κ1) is 11.6. The topological polar surface area (TPSA) is 47.3 Å². The monoisotopic (exact) mass is 208 g/mol. The van der Waals surface area contributed by atoms with E-state index in [0.29, 0.717) is 18.7 Å². The predicted molar refractivity (Wildman–Crippen MR) is 54.5 cm³/mol. The van der Waals surface area contributed by atoms with Gasteiger partial charge in [-0.15, -0.1) is 0 Å². The van der Waals surface area contributed by atoms with E-state index in [4.69, 9.17) is 10.4 Å². The molecular weight excluding hydrogens is 195 g/mol. The maximum absolute atomic E-state index is 12.8. The molecule has 0 heterocycles. The summed E-state index contributed by atoms with van der Waals surface area (Å²) in [6, 6.07) is 6.11. The number of benzene rings is 1. The third kappa shape index (κ3) is 3.31. The van der Waals surface area contributed by atoms with Crippen molar-refractivity contribution in [2.75, 3.05) is 20.2 Å². The Morgan fingerprint density at radius 3 is 2.87 bits per heavy atom. The van der Waals surface area contributed by atoms with Crippen molar-refractivity contribution in [1.29, 1.82) is 5.26 Å². The molecule has 0 aliphatic rings. The highest BCUT2D eigenvalue weighted by Gasteiger charge is 2.06. The SMILES string of the molecule is CN(CCO)Cc1ccc(F)cc1C#N. The van der Waals surface area contributed by atoms with E-state index >= 15 is 0 Å². The van der Waals surface area contributed by atoms with Crippen LogP contribution in [0.25, 0.3) is 0 Å². The van der Waals surface area contributed by atoms with Crippen molar-refractivity contribution in [3.8, 4) is 6.07 Å². The van der Waals surface area contributed by atoms with Crippen LogP contribution in [0.4, 0.5) is 4.39 Å². The van der Waals surface area contributed by atoms with Crippen molar-refractivity contribution in [2.45, 2.75) is 6.54 Å². The van der Waals surface area contributed by atoms with Crippen LogP contribution in [0.3, 0.4) is 0 Å². The van der Waals surface area contributed by atoms with Gasteiger partial charge in [-0.25, -0.2) is 4.39 Å². The number of likely N-dealkylation sites (N-methyl/N-ethyl adjacent to an activating group) is 1. The van der Waals surface area contributed by atoms with E-state index in [0.717, 1.165) is 5.56 Å². The van der Waals surface area contributed by atoms with Gasteiger partial charge in [0.2, 0.25) is 0 Å². The molecule has 0 atom stereocenters. The van der Waals surface area contributed by atoms with Crippen molar-refractivity contribution >= 4 is 0 Å². The van der Waals surface area contributed by atoms with Crippen molar-refractivity contribution in [3.05, 3.63) is 35.1 Å². The standard InChI is InChI=1S/C11H13FN2O/c1-14(4-5-15)8-9-2-3-11(12)6-10(9)7-13/h2-3,6,15H,4-5,8H2,1H3. The van der Waals surface area contributed by atoms with Gasteiger partial charge in [-0.2, -0.15) is 5.26 Å². The Labute approximate surface area is 88.4 Å². The lowest BCUT2D eigenvalue weighted by Gasteiger charge is -2.15. The molecule has 0 amide bonds. The van der Waals surface area contributed by atoms with Gasteiger partial charge < -0.3 is 5.11 Å². The second kappa shape index (κ2) is 5.44. The number of hydrogen-bond acceptors (Lipinski definition) is 3. The first-order valence-electron chi connectivity index (χ1n) is 4.65. The van der Waals surface area contributed by atoms with Crippen LogP contribution in [0.2, 0.25) is 0 Å². The van der Waals surface area contributed by atoms with Gasteiger partial charge in [0.25, 0.3) is 0 Å². The van der Waals surface area contributed by atoms with Crippen molar-refractivity contribution in [1.82, 2.24) is 4.90 Å². The lowest BCUT2D eigenvalue weighted by atomic mass is 10.1. The molecule has 1 N–H and O–H groups in total. The molecule has 0 saturated carbocycles. The number of nitrogens with zero attached hydrogens (tertiary/aromatic N) is 2. The van der Waals surface area contributed by atoms with Crippen LogP contribution in [0.15, 0.2) is 18.2 Å². The number of nitriles is 1. The number of rotatable bonds is 4. The molecule has 0 radical (unpaired) electrons. The maximum Gasteiger partial charge on any atom is 0.124 e. The quantitative estimate of drug-likeness (QED) is 0.806. The summed E-state index contributed by atoms with van der Waals surface area (Å²) in [4.78, 5) is 1.87. The van der Waals surface area contributed by atoms with Crippen LogP contribution in [0.5, 0.6) is 0 Å². The van der Waals surface area contributed by atoms with Crippen LogP contribution in [-0.4, -0.2) is 30.2 Å². The molecule has 0 unspecified atom stereocenters. The smallest absolute Gasteiger partial charge is 0.124 e. The molecule has 0 aliphatic carbocycles. The summed E-state index contributed by atoms with van der Waals surface area (Å²) >= 11 is 0. The van der Waals surface area contributed by atoms with Gasteiger partial charge in [-0.1, -0.05) is 6.07 Å². The fourth-order valence-corrected chi connectivity index (χ4v) is 1.33. The fraction of sp³-hybridized carbons (Fsp3) is 0.364.